The summed E-state index contributed by atoms with van der Waals surface area (Å²) in [6, 6.07) is 0.439. The van der Waals surface area contributed by atoms with E-state index in [4.69, 9.17) is 9.47 Å². The average molecular weight is 306 g/mol. The molecule has 0 saturated heterocycles. The van der Waals surface area contributed by atoms with Crippen molar-refractivity contribution in [3.8, 4) is 0 Å². The van der Waals surface area contributed by atoms with Crippen molar-refractivity contribution in [1.29, 1.82) is 0 Å². The first-order valence-electron chi connectivity index (χ1n) is 7.65. The Morgan fingerprint density at radius 2 is 1.90 bits per heavy atom. The molecule has 5 nitrogen and oxygen atoms in total. The minimum absolute atomic E-state index is 0.0289. The van der Waals surface area contributed by atoms with Crippen molar-refractivity contribution in [3.63, 3.8) is 0 Å². The lowest BCUT2D eigenvalue weighted by molar-refractivity contribution is -0.122. The van der Waals surface area contributed by atoms with Crippen LogP contribution in [0.1, 0.15) is 41.0 Å². The summed E-state index contributed by atoms with van der Waals surface area (Å²) < 4.78 is 24.9. The molecule has 0 fully saturated rings. The van der Waals surface area contributed by atoms with E-state index >= 15 is 0 Å². The van der Waals surface area contributed by atoms with Crippen molar-refractivity contribution >= 4 is 5.91 Å². The Balaban J connectivity index is 3.73. The van der Waals surface area contributed by atoms with Crippen LogP contribution < -0.4 is 10.6 Å². The molecular weight excluding hydrogens is 275 g/mol. The normalized spacial score (nSPS) is 13.5. The lowest BCUT2D eigenvalue weighted by Gasteiger charge is -2.29. The Morgan fingerprint density at radius 1 is 1.24 bits per heavy atom. The van der Waals surface area contributed by atoms with Crippen molar-refractivity contribution in [2.75, 3.05) is 32.9 Å². The van der Waals surface area contributed by atoms with Gasteiger partial charge in [0.15, 0.2) is 0 Å². The Bertz CT molecular complexity index is 286. The Kier molecular flexibility index (Phi) is 10.6. The van der Waals surface area contributed by atoms with Gasteiger partial charge in [0.2, 0.25) is 5.91 Å². The van der Waals surface area contributed by atoms with Gasteiger partial charge in [0.25, 0.3) is 0 Å². The van der Waals surface area contributed by atoms with Crippen LogP contribution in [0.25, 0.3) is 0 Å². The second-order valence-electron chi connectivity index (χ2n) is 5.80. The summed E-state index contributed by atoms with van der Waals surface area (Å²) in [5, 5.41) is 5.77. The fourth-order valence-corrected chi connectivity index (χ4v) is 1.55. The molecule has 0 aliphatic carbocycles. The van der Waals surface area contributed by atoms with Crippen LogP contribution in [0.3, 0.4) is 0 Å². The van der Waals surface area contributed by atoms with Crippen LogP contribution in [0, 0.1) is 0 Å². The highest BCUT2D eigenvalue weighted by molar-refractivity contribution is 5.75. The first-order chi connectivity index (χ1) is 9.79. The van der Waals surface area contributed by atoms with Gasteiger partial charge in [0, 0.05) is 19.0 Å². The minimum atomic E-state index is -1.25. The van der Waals surface area contributed by atoms with Crippen molar-refractivity contribution < 1.29 is 18.7 Å². The molecule has 2 N–H and O–H groups in total. The number of carbonyl (C=O) groups is 1. The molecule has 126 valence electrons. The number of alkyl halides is 1. The summed E-state index contributed by atoms with van der Waals surface area (Å²) in [6.45, 7) is 11.4. The summed E-state index contributed by atoms with van der Waals surface area (Å²) in [7, 11) is 0. The van der Waals surface area contributed by atoms with Gasteiger partial charge >= 0.3 is 0 Å². The molecule has 0 bridgehead atoms. The van der Waals surface area contributed by atoms with Gasteiger partial charge in [-0.2, -0.15) is 0 Å². The van der Waals surface area contributed by atoms with Crippen LogP contribution in [-0.4, -0.2) is 56.6 Å². The zero-order valence-electron chi connectivity index (χ0n) is 14.0. The van der Waals surface area contributed by atoms with E-state index in [1.165, 1.54) is 0 Å². The molecule has 0 aromatic rings. The molecule has 1 amide bonds. The van der Waals surface area contributed by atoms with E-state index in [0.717, 1.165) is 6.54 Å². The monoisotopic (exact) mass is 306 g/mol. The maximum Gasteiger partial charge on any atom is 0.219 e. The zero-order chi connectivity index (χ0) is 16.3. The number of hydrogen-bond acceptors (Lipinski definition) is 4. The van der Waals surface area contributed by atoms with Gasteiger partial charge in [0.1, 0.15) is 6.17 Å². The molecule has 1 atom stereocenters. The van der Waals surface area contributed by atoms with E-state index in [1.54, 1.807) is 20.8 Å². The molecule has 21 heavy (non-hydrogen) atoms. The Morgan fingerprint density at radius 3 is 2.48 bits per heavy atom. The highest BCUT2D eigenvalue weighted by Gasteiger charge is 2.30. The number of nitrogens with one attached hydrogen (secondary N) is 2. The molecule has 0 aliphatic rings. The second kappa shape index (κ2) is 10.9. The topological polar surface area (TPSA) is 59.6 Å². The molecule has 0 aromatic heterocycles. The van der Waals surface area contributed by atoms with Crippen LogP contribution in [-0.2, 0) is 14.3 Å². The molecule has 0 saturated carbocycles. The van der Waals surface area contributed by atoms with Gasteiger partial charge in [-0.15, -0.1) is 0 Å². The van der Waals surface area contributed by atoms with Crippen LogP contribution in [0.2, 0.25) is 0 Å². The van der Waals surface area contributed by atoms with Crippen molar-refractivity contribution in [2.24, 2.45) is 0 Å². The fourth-order valence-electron chi connectivity index (χ4n) is 1.55. The molecular formula is C15H31FN2O3. The van der Waals surface area contributed by atoms with Gasteiger partial charge in [0.05, 0.1) is 32.0 Å². The van der Waals surface area contributed by atoms with E-state index in [2.05, 4.69) is 24.5 Å². The summed E-state index contributed by atoms with van der Waals surface area (Å²) in [6.07, 6.45) is -0.901. The fraction of sp³-hybridized carbons (Fsp3) is 0.933. The first kappa shape index (κ1) is 20.3. The van der Waals surface area contributed by atoms with Gasteiger partial charge in [-0.05, 0) is 13.8 Å². The third-order valence-electron chi connectivity index (χ3n) is 3.05. The number of amides is 1. The summed E-state index contributed by atoms with van der Waals surface area (Å²) >= 11 is 0. The maximum atomic E-state index is 14.0. The summed E-state index contributed by atoms with van der Waals surface area (Å²) in [5.41, 5.74) is -0.944. The quantitative estimate of drug-likeness (QED) is 0.538. The van der Waals surface area contributed by atoms with E-state index < -0.39 is 11.8 Å². The molecule has 0 aliphatic heterocycles. The Labute approximate surface area is 128 Å². The van der Waals surface area contributed by atoms with E-state index in [1.807, 2.05) is 0 Å². The molecule has 1 unspecified atom stereocenters. The summed E-state index contributed by atoms with van der Waals surface area (Å²) in [5.74, 6) is -0.158. The number of ether oxygens (including phenoxy) is 2. The van der Waals surface area contributed by atoms with Crippen LogP contribution >= 0.6 is 0 Å². The summed E-state index contributed by atoms with van der Waals surface area (Å²) in [4.78, 5) is 11.1. The van der Waals surface area contributed by atoms with Gasteiger partial charge in [-0.1, -0.05) is 20.8 Å². The first-order valence-corrected chi connectivity index (χ1v) is 7.65. The van der Waals surface area contributed by atoms with Crippen LogP contribution in [0.15, 0.2) is 0 Å². The van der Waals surface area contributed by atoms with Crippen LogP contribution in [0.5, 0.6) is 0 Å². The lowest BCUT2D eigenvalue weighted by Crippen LogP contribution is -2.44. The van der Waals surface area contributed by atoms with Gasteiger partial charge in [-0.25, -0.2) is 4.39 Å². The highest BCUT2D eigenvalue weighted by Crippen LogP contribution is 2.17. The predicted molar refractivity (Wildman–Crippen MR) is 82.2 cm³/mol. The largest absolute Gasteiger partial charge is 0.378 e. The Hall–Kier alpha value is -0.720. The molecule has 0 radical (unpaired) electrons. The van der Waals surface area contributed by atoms with Crippen molar-refractivity contribution in [3.05, 3.63) is 0 Å². The molecule has 0 aromatic carbocycles. The van der Waals surface area contributed by atoms with E-state index in [0.29, 0.717) is 32.3 Å². The smallest absolute Gasteiger partial charge is 0.219 e. The highest BCUT2D eigenvalue weighted by atomic mass is 19.1. The number of carbonyl (C=O) groups excluding carboxylic acids is 1. The molecule has 0 rings (SSSR count). The predicted octanol–water partition coefficient (Wildman–Crippen LogP) is 1.66. The van der Waals surface area contributed by atoms with Crippen molar-refractivity contribution in [1.82, 2.24) is 10.6 Å². The SMILES string of the molecule is CCC(=O)NCC(F)C(C)(C)OCCOCCNC(C)C. The minimum Gasteiger partial charge on any atom is -0.378 e. The zero-order valence-corrected chi connectivity index (χ0v) is 14.0. The molecule has 6 heteroatoms. The van der Waals surface area contributed by atoms with Crippen molar-refractivity contribution in [2.45, 2.75) is 58.9 Å². The number of halogens is 1. The van der Waals surface area contributed by atoms with Crippen LogP contribution in [0.4, 0.5) is 4.39 Å². The van der Waals surface area contributed by atoms with Gasteiger partial charge < -0.3 is 20.1 Å². The third-order valence-corrected chi connectivity index (χ3v) is 3.05. The number of rotatable bonds is 12. The lowest BCUT2D eigenvalue weighted by atomic mass is 10.0. The maximum absolute atomic E-state index is 14.0. The average Bonchev–Trinajstić information content (AvgIpc) is 2.42. The number of hydrogen-bond donors (Lipinski definition) is 2. The van der Waals surface area contributed by atoms with Gasteiger partial charge in [-0.3, -0.25) is 4.79 Å². The van der Waals surface area contributed by atoms with E-state index in [-0.39, 0.29) is 12.5 Å². The standard InChI is InChI=1S/C15H31FN2O3/c1-6-14(19)18-11-13(16)15(4,5)21-10-9-20-8-7-17-12(2)3/h12-13,17H,6-11H2,1-5H3,(H,18,19). The van der Waals surface area contributed by atoms with E-state index in [9.17, 15) is 9.18 Å². The molecule has 0 heterocycles. The third kappa shape index (κ3) is 10.6. The molecule has 0 spiro atoms. The second-order valence-corrected chi connectivity index (χ2v) is 5.80.